The molecule has 0 amide bonds. The van der Waals surface area contributed by atoms with Crippen LogP contribution in [0.25, 0.3) is 0 Å². The molecule has 0 N–H and O–H groups in total. The van der Waals surface area contributed by atoms with Gasteiger partial charge in [0.1, 0.15) is 0 Å². The van der Waals surface area contributed by atoms with E-state index < -0.39 is 0 Å². The van der Waals surface area contributed by atoms with Gasteiger partial charge in [0, 0.05) is 5.88 Å². The lowest BCUT2D eigenvalue weighted by molar-refractivity contribution is 0.267. The average Bonchev–Trinajstić information content (AvgIpc) is 2.50. The molecule has 1 aromatic rings. The first kappa shape index (κ1) is 17.0. The zero-order chi connectivity index (χ0) is 14.8. The van der Waals surface area contributed by atoms with Gasteiger partial charge < -0.3 is 14.2 Å². The summed E-state index contributed by atoms with van der Waals surface area (Å²) in [7, 11) is 3.25. The highest BCUT2D eigenvalue weighted by molar-refractivity contribution is 6.17. The van der Waals surface area contributed by atoms with Gasteiger partial charge in [0.2, 0.25) is 5.75 Å². The lowest BCUT2D eigenvalue weighted by atomic mass is 10.1. The van der Waals surface area contributed by atoms with E-state index in [1.165, 1.54) is 25.7 Å². The van der Waals surface area contributed by atoms with Crippen LogP contribution in [0.1, 0.15) is 44.6 Å². The van der Waals surface area contributed by atoms with Crippen molar-refractivity contribution >= 4 is 11.6 Å². The van der Waals surface area contributed by atoms with E-state index in [-0.39, 0.29) is 0 Å². The first-order chi connectivity index (χ1) is 9.76. The summed E-state index contributed by atoms with van der Waals surface area (Å²) in [6, 6.07) is 3.78. The van der Waals surface area contributed by atoms with Gasteiger partial charge in [0.25, 0.3) is 0 Å². The fraction of sp³-hybridized carbons (Fsp3) is 0.625. The molecule has 0 atom stereocenters. The van der Waals surface area contributed by atoms with Crippen molar-refractivity contribution in [1.82, 2.24) is 0 Å². The predicted molar refractivity (Wildman–Crippen MR) is 83.4 cm³/mol. The molecular weight excluding hydrogens is 276 g/mol. The van der Waals surface area contributed by atoms with E-state index in [0.717, 1.165) is 12.0 Å². The van der Waals surface area contributed by atoms with E-state index in [1.54, 1.807) is 14.2 Å². The molecule has 4 heteroatoms. The van der Waals surface area contributed by atoms with Crippen molar-refractivity contribution in [2.45, 2.75) is 44.9 Å². The number of ether oxygens (including phenoxy) is 3. The van der Waals surface area contributed by atoms with Crippen LogP contribution in [0.4, 0.5) is 0 Å². The summed E-state index contributed by atoms with van der Waals surface area (Å²) in [4.78, 5) is 0. The number of hydrogen-bond donors (Lipinski definition) is 0. The van der Waals surface area contributed by atoms with E-state index in [1.807, 2.05) is 12.1 Å². The number of rotatable bonds is 10. The van der Waals surface area contributed by atoms with Gasteiger partial charge >= 0.3 is 0 Å². The van der Waals surface area contributed by atoms with Crippen molar-refractivity contribution in [1.29, 1.82) is 0 Å². The second kappa shape index (κ2) is 9.76. The van der Waals surface area contributed by atoms with Crippen LogP contribution in [-0.2, 0) is 5.88 Å². The summed E-state index contributed by atoms with van der Waals surface area (Å²) in [5, 5.41) is 0. The topological polar surface area (TPSA) is 27.7 Å². The van der Waals surface area contributed by atoms with Crippen LogP contribution < -0.4 is 14.2 Å². The summed E-state index contributed by atoms with van der Waals surface area (Å²) in [6.07, 6.45) is 6.04. The van der Waals surface area contributed by atoms with Gasteiger partial charge in [-0.05, 0) is 24.1 Å². The van der Waals surface area contributed by atoms with E-state index in [4.69, 9.17) is 25.8 Å². The van der Waals surface area contributed by atoms with Crippen molar-refractivity contribution in [2.75, 3.05) is 20.8 Å². The van der Waals surface area contributed by atoms with E-state index in [9.17, 15) is 0 Å². The summed E-state index contributed by atoms with van der Waals surface area (Å²) >= 11 is 5.86. The third-order valence-corrected chi connectivity index (χ3v) is 3.48. The van der Waals surface area contributed by atoms with Crippen LogP contribution in [0, 0.1) is 0 Å². The Balaban J connectivity index is 2.63. The maximum absolute atomic E-state index is 5.86. The SMILES string of the molecule is CCCCCCCOc1c(OC)cc(CCl)cc1OC. The first-order valence-corrected chi connectivity index (χ1v) is 7.73. The maximum Gasteiger partial charge on any atom is 0.203 e. The van der Waals surface area contributed by atoms with Gasteiger partial charge in [-0.3, -0.25) is 0 Å². The number of unbranched alkanes of at least 4 members (excludes halogenated alkanes) is 4. The zero-order valence-electron chi connectivity index (χ0n) is 12.7. The lowest BCUT2D eigenvalue weighted by Crippen LogP contribution is -2.02. The third-order valence-electron chi connectivity index (χ3n) is 3.17. The monoisotopic (exact) mass is 300 g/mol. The molecule has 114 valence electrons. The highest BCUT2D eigenvalue weighted by atomic mass is 35.5. The number of alkyl halides is 1. The molecule has 0 heterocycles. The number of methoxy groups -OCH3 is 2. The van der Waals surface area contributed by atoms with Crippen LogP contribution >= 0.6 is 11.6 Å². The Morgan fingerprint density at radius 3 is 2.05 bits per heavy atom. The molecule has 0 spiro atoms. The molecule has 0 saturated carbocycles. The number of hydrogen-bond acceptors (Lipinski definition) is 3. The van der Waals surface area contributed by atoms with Crippen molar-refractivity contribution in [2.24, 2.45) is 0 Å². The van der Waals surface area contributed by atoms with E-state index >= 15 is 0 Å². The van der Waals surface area contributed by atoms with E-state index in [0.29, 0.717) is 29.7 Å². The van der Waals surface area contributed by atoms with Crippen LogP contribution in [0.3, 0.4) is 0 Å². The van der Waals surface area contributed by atoms with E-state index in [2.05, 4.69) is 6.92 Å². The van der Waals surface area contributed by atoms with Crippen LogP contribution in [0.5, 0.6) is 17.2 Å². The van der Waals surface area contributed by atoms with Crippen molar-refractivity contribution in [3.63, 3.8) is 0 Å². The minimum atomic E-state index is 0.421. The molecule has 0 aliphatic rings. The second-order valence-electron chi connectivity index (χ2n) is 4.73. The molecule has 0 unspecified atom stereocenters. The average molecular weight is 301 g/mol. The normalized spacial score (nSPS) is 10.4. The van der Waals surface area contributed by atoms with Gasteiger partial charge in [-0.25, -0.2) is 0 Å². The highest BCUT2D eigenvalue weighted by Gasteiger charge is 2.13. The Labute approximate surface area is 127 Å². The molecule has 0 saturated heterocycles. The van der Waals surface area contributed by atoms with Gasteiger partial charge in [0.05, 0.1) is 20.8 Å². The molecule has 0 radical (unpaired) electrons. The molecule has 1 aromatic carbocycles. The van der Waals surface area contributed by atoms with Crippen LogP contribution in [0.2, 0.25) is 0 Å². The zero-order valence-corrected chi connectivity index (χ0v) is 13.5. The summed E-state index contributed by atoms with van der Waals surface area (Å²) in [5.41, 5.74) is 0.954. The summed E-state index contributed by atoms with van der Waals surface area (Å²) in [5.74, 6) is 2.44. The van der Waals surface area contributed by atoms with Gasteiger partial charge in [-0.2, -0.15) is 0 Å². The quantitative estimate of drug-likeness (QED) is 0.459. The minimum absolute atomic E-state index is 0.421. The molecule has 0 aliphatic heterocycles. The number of benzene rings is 1. The van der Waals surface area contributed by atoms with Gasteiger partial charge in [0.15, 0.2) is 11.5 Å². The smallest absolute Gasteiger partial charge is 0.203 e. The second-order valence-corrected chi connectivity index (χ2v) is 4.99. The molecule has 0 bridgehead atoms. The molecule has 0 aliphatic carbocycles. The number of halogens is 1. The Bertz CT molecular complexity index is 368. The molecular formula is C16H25ClO3. The standard InChI is InChI=1S/C16H25ClO3/c1-4-5-6-7-8-9-20-16-14(18-2)10-13(12-17)11-15(16)19-3/h10-11H,4-9,12H2,1-3H3. The van der Waals surface area contributed by atoms with Crippen molar-refractivity contribution in [3.8, 4) is 17.2 Å². The van der Waals surface area contributed by atoms with Gasteiger partial charge in [-0.1, -0.05) is 32.6 Å². The Hall–Kier alpha value is -1.09. The third kappa shape index (κ3) is 5.12. The van der Waals surface area contributed by atoms with Crippen LogP contribution in [0.15, 0.2) is 12.1 Å². The highest BCUT2D eigenvalue weighted by Crippen LogP contribution is 2.39. The minimum Gasteiger partial charge on any atom is -0.493 e. The molecule has 1 rings (SSSR count). The Morgan fingerprint density at radius 2 is 1.55 bits per heavy atom. The largest absolute Gasteiger partial charge is 0.493 e. The Morgan fingerprint density at radius 1 is 0.950 bits per heavy atom. The molecule has 0 fully saturated rings. The summed E-state index contributed by atoms with van der Waals surface area (Å²) in [6.45, 7) is 2.89. The lowest BCUT2D eigenvalue weighted by Gasteiger charge is -2.15. The first-order valence-electron chi connectivity index (χ1n) is 7.20. The Kier molecular flexibility index (Phi) is 8.28. The fourth-order valence-corrected chi connectivity index (χ4v) is 2.19. The molecule has 3 nitrogen and oxygen atoms in total. The summed E-state index contributed by atoms with van der Waals surface area (Å²) < 4.78 is 16.6. The van der Waals surface area contributed by atoms with Gasteiger partial charge in [-0.15, -0.1) is 11.6 Å². The maximum atomic E-state index is 5.86. The predicted octanol–water partition coefficient (Wildman–Crippen LogP) is 4.79. The van der Waals surface area contributed by atoms with Crippen molar-refractivity contribution in [3.05, 3.63) is 17.7 Å². The van der Waals surface area contributed by atoms with Crippen molar-refractivity contribution < 1.29 is 14.2 Å². The van der Waals surface area contributed by atoms with Crippen LogP contribution in [-0.4, -0.2) is 20.8 Å². The molecule has 20 heavy (non-hydrogen) atoms. The molecule has 0 aromatic heterocycles. The fourth-order valence-electron chi connectivity index (χ4n) is 2.03.